The molecule has 2 heteroatoms. The molecule has 0 aliphatic carbocycles. The van der Waals surface area contributed by atoms with Gasteiger partial charge < -0.3 is 4.74 Å². The third kappa shape index (κ3) is 6.12. The van der Waals surface area contributed by atoms with Gasteiger partial charge in [0, 0.05) is 17.5 Å². The van der Waals surface area contributed by atoms with E-state index >= 15 is 0 Å². The molecule has 0 bridgehead atoms. The molecule has 130 valence electrons. The highest BCUT2D eigenvalue weighted by Crippen LogP contribution is 2.36. The van der Waals surface area contributed by atoms with Gasteiger partial charge in [-0.05, 0) is 48.4 Å². The van der Waals surface area contributed by atoms with E-state index in [0.717, 1.165) is 18.2 Å². The first kappa shape index (κ1) is 18.8. The molecule has 0 fully saturated rings. The summed E-state index contributed by atoms with van der Waals surface area (Å²) in [7, 11) is 0. The molecule has 0 radical (unpaired) electrons. The molecule has 23 heavy (non-hydrogen) atoms. The summed E-state index contributed by atoms with van der Waals surface area (Å²) in [4.78, 5) is 0. The fourth-order valence-corrected chi connectivity index (χ4v) is 3.92. The largest absolute Gasteiger partial charge is 0.381 e. The summed E-state index contributed by atoms with van der Waals surface area (Å²) in [5.74, 6) is 1.12. The lowest BCUT2D eigenvalue weighted by molar-refractivity contribution is 0.120. The summed E-state index contributed by atoms with van der Waals surface area (Å²) >= 11 is 6.29. The van der Waals surface area contributed by atoms with Crippen LogP contribution in [0.2, 0.25) is 5.02 Å². The van der Waals surface area contributed by atoms with Gasteiger partial charge in [0.15, 0.2) is 0 Å². The molecule has 2 rings (SSSR count). The highest BCUT2D eigenvalue weighted by atomic mass is 35.5. The Labute approximate surface area is 147 Å². The first-order valence-electron chi connectivity index (χ1n) is 9.59. The zero-order valence-corrected chi connectivity index (χ0v) is 15.7. The molecule has 2 atom stereocenters. The van der Waals surface area contributed by atoms with Crippen molar-refractivity contribution in [3.63, 3.8) is 0 Å². The minimum Gasteiger partial charge on any atom is -0.381 e. The van der Waals surface area contributed by atoms with Crippen LogP contribution in [0.1, 0.15) is 94.6 Å². The normalized spacial score (nSPS) is 23.1. The molecule has 0 saturated heterocycles. The van der Waals surface area contributed by atoms with Gasteiger partial charge in [0.2, 0.25) is 0 Å². The number of hydrogen-bond acceptors (Lipinski definition) is 1. The second-order valence-electron chi connectivity index (χ2n) is 7.14. The van der Waals surface area contributed by atoms with Crippen molar-refractivity contribution < 1.29 is 4.74 Å². The Morgan fingerprint density at radius 1 is 1.09 bits per heavy atom. The van der Waals surface area contributed by atoms with E-state index in [4.69, 9.17) is 16.3 Å². The Kier molecular flexibility index (Phi) is 8.47. The van der Waals surface area contributed by atoms with E-state index in [1.54, 1.807) is 0 Å². The quantitative estimate of drug-likeness (QED) is 0.521. The van der Waals surface area contributed by atoms with Crippen LogP contribution in [0.15, 0.2) is 18.2 Å². The first-order chi connectivity index (χ1) is 11.2. The Hall–Kier alpha value is -0.530. The minimum absolute atomic E-state index is 0.431. The summed E-state index contributed by atoms with van der Waals surface area (Å²) in [6.45, 7) is 6.28. The average molecular weight is 337 g/mol. The Balaban J connectivity index is 2.18. The van der Waals surface area contributed by atoms with E-state index in [2.05, 4.69) is 32.0 Å². The molecule has 2 unspecified atom stereocenters. The fraction of sp³-hybridized carbons (Fsp3) is 0.714. The molecule has 1 aromatic carbocycles. The lowest BCUT2D eigenvalue weighted by Gasteiger charge is -2.23. The summed E-state index contributed by atoms with van der Waals surface area (Å²) in [5, 5.41) is 0.857. The van der Waals surface area contributed by atoms with E-state index in [1.165, 1.54) is 68.9 Å². The maximum absolute atomic E-state index is 6.29. The maximum Gasteiger partial charge on any atom is 0.0532 e. The third-order valence-electron chi connectivity index (χ3n) is 5.13. The van der Waals surface area contributed by atoms with Crippen molar-refractivity contribution in [2.24, 2.45) is 0 Å². The molecule has 1 aromatic rings. The molecular formula is C21H33ClO. The monoisotopic (exact) mass is 336 g/mol. The molecule has 0 spiro atoms. The predicted octanol–water partition coefficient (Wildman–Crippen LogP) is 7.09. The summed E-state index contributed by atoms with van der Waals surface area (Å²) in [6.07, 6.45) is 11.8. The first-order valence-corrected chi connectivity index (χ1v) is 9.97. The minimum atomic E-state index is 0.431. The number of halogens is 1. The Morgan fingerprint density at radius 3 is 2.78 bits per heavy atom. The molecule has 1 aliphatic heterocycles. The van der Waals surface area contributed by atoms with Crippen LogP contribution in [0.5, 0.6) is 0 Å². The van der Waals surface area contributed by atoms with Crippen molar-refractivity contribution in [2.75, 3.05) is 13.2 Å². The predicted molar refractivity (Wildman–Crippen MR) is 101 cm³/mol. The van der Waals surface area contributed by atoms with Crippen LogP contribution >= 0.6 is 11.6 Å². The van der Waals surface area contributed by atoms with Crippen molar-refractivity contribution in [3.05, 3.63) is 34.3 Å². The molecule has 1 aliphatic rings. The fourth-order valence-electron chi connectivity index (χ4n) is 3.74. The number of hydrogen-bond donors (Lipinski definition) is 0. The second kappa shape index (κ2) is 10.4. The number of unbranched alkanes of at least 4 members (excludes halogenated alkanes) is 3. The van der Waals surface area contributed by atoms with Crippen LogP contribution in [-0.2, 0) is 4.74 Å². The van der Waals surface area contributed by atoms with Crippen molar-refractivity contribution in [3.8, 4) is 0 Å². The van der Waals surface area contributed by atoms with Crippen molar-refractivity contribution in [2.45, 2.75) is 83.5 Å². The van der Waals surface area contributed by atoms with E-state index in [1.807, 2.05) is 0 Å². The standard InChI is InChI=1S/C21H33ClO/c1-3-4-5-7-10-18-11-8-6-9-14-23-16-17(2)21-15-19(22)12-13-20(18)21/h12-13,15,17-18H,3-11,14,16H2,1-2H3. The number of ether oxygens (including phenoxy) is 1. The van der Waals surface area contributed by atoms with Crippen molar-refractivity contribution >= 4 is 11.6 Å². The lowest BCUT2D eigenvalue weighted by Crippen LogP contribution is -2.10. The Morgan fingerprint density at radius 2 is 1.96 bits per heavy atom. The molecule has 0 aromatic heterocycles. The number of benzene rings is 1. The van der Waals surface area contributed by atoms with Crippen LogP contribution in [-0.4, -0.2) is 13.2 Å². The molecular weight excluding hydrogens is 304 g/mol. The molecule has 0 saturated carbocycles. The van der Waals surface area contributed by atoms with Gasteiger partial charge in [-0.1, -0.05) is 70.0 Å². The Bertz CT molecular complexity index is 457. The van der Waals surface area contributed by atoms with Gasteiger partial charge in [-0.2, -0.15) is 0 Å². The maximum atomic E-state index is 6.29. The van der Waals surface area contributed by atoms with Gasteiger partial charge >= 0.3 is 0 Å². The van der Waals surface area contributed by atoms with Crippen LogP contribution in [0.25, 0.3) is 0 Å². The van der Waals surface area contributed by atoms with Gasteiger partial charge in [0.25, 0.3) is 0 Å². The molecule has 1 heterocycles. The highest BCUT2D eigenvalue weighted by molar-refractivity contribution is 6.30. The van der Waals surface area contributed by atoms with Gasteiger partial charge in [-0.25, -0.2) is 0 Å². The number of fused-ring (bicyclic) bond motifs is 1. The van der Waals surface area contributed by atoms with Crippen LogP contribution in [0.3, 0.4) is 0 Å². The van der Waals surface area contributed by atoms with Crippen LogP contribution in [0.4, 0.5) is 0 Å². The van der Waals surface area contributed by atoms with Crippen LogP contribution < -0.4 is 0 Å². The summed E-state index contributed by atoms with van der Waals surface area (Å²) in [5.41, 5.74) is 2.95. The lowest BCUT2D eigenvalue weighted by atomic mass is 9.83. The van der Waals surface area contributed by atoms with E-state index in [-0.39, 0.29) is 0 Å². The third-order valence-corrected chi connectivity index (χ3v) is 5.37. The smallest absolute Gasteiger partial charge is 0.0532 e. The SMILES string of the molecule is CCCCCCC1CCCCCOCC(C)c2cc(Cl)ccc21. The van der Waals surface area contributed by atoms with Gasteiger partial charge in [0.05, 0.1) is 6.61 Å². The highest BCUT2D eigenvalue weighted by Gasteiger charge is 2.20. The van der Waals surface area contributed by atoms with Crippen molar-refractivity contribution in [1.29, 1.82) is 0 Å². The molecule has 0 N–H and O–H groups in total. The number of rotatable bonds is 5. The van der Waals surface area contributed by atoms with Crippen LogP contribution in [0, 0.1) is 0 Å². The van der Waals surface area contributed by atoms with E-state index in [9.17, 15) is 0 Å². The van der Waals surface area contributed by atoms with Gasteiger partial charge in [-0.3, -0.25) is 0 Å². The van der Waals surface area contributed by atoms with E-state index < -0.39 is 0 Å². The summed E-state index contributed by atoms with van der Waals surface area (Å²) < 4.78 is 5.88. The van der Waals surface area contributed by atoms with Crippen molar-refractivity contribution in [1.82, 2.24) is 0 Å². The molecule has 1 nitrogen and oxygen atoms in total. The van der Waals surface area contributed by atoms with Gasteiger partial charge in [-0.15, -0.1) is 0 Å². The second-order valence-corrected chi connectivity index (χ2v) is 7.58. The topological polar surface area (TPSA) is 9.23 Å². The zero-order valence-electron chi connectivity index (χ0n) is 15.0. The summed E-state index contributed by atoms with van der Waals surface area (Å²) in [6, 6.07) is 6.55. The zero-order chi connectivity index (χ0) is 16.5. The average Bonchev–Trinajstić information content (AvgIpc) is 2.58. The van der Waals surface area contributed by atoms with Gasteiger partial charge in [0.1, 0.15) is 0 Å². The van der Waals surface area contributed by atoms with E-state index in [0.29, 0.717) is 11.8 Å². The molecule has 0 amide bonds.